The number of hydrogen-bond acceptors (Lipinski definition) is 4. The second kappa shape index (κ2) is 5.57. The molecule has 4 heteroatoms. The molecule has 0 fully saturated rings. The first-order valence-electron chi connectivity index (χ1n) is 6.81. The average molecular weight is 274 g/mol. The van der Waals surface area contributed by atoms with Crippen LogP contribution < -0.4 is 0 Å². The Morgan fingerprint density at radius 2 is 2.00 bits per heavy atom. The van der Waals surface area contributed by atoms with Gasteiger partial charge in [-0.1, -0.05) is 11.6 Å². The highest BCUT2D eigenvalue weighted by Crippen LogP contribution is 2.29. The molecule has 1 aromatic carbocycles. The minimum atomic E-state index is -0.904. The minimum Gasteiger partial charge on any atom is -0.460 e. The van der Waals surface area contributed by atoms with Crippen LogP contribution in [0.2, 0.25) is 0 Å². The Morgan fingerprint density at radius 3 is 2.65 bits per heavy atom. The lowest BCUT2D eigenvalue weighted by Gasteiger charge is -2.23. The van der Waals surface area contributed by atoms with E-state index in [9.17, 15) is 14.4 Å². The number of aryl methyl sites for hydroxylation is 2. The van der Waals surface area contributed by atoms with E-state index in [1.807, 2.05) is 19.9 Å². The molecule has 1 aromatic rings. The van der Waals surface area contributed by atoms with E-state index in [2.05, 4.69) is 0 Å². The first-order chi connectivity index (χ1) is 9.45. The zero-order chi connectivity index (χ0) is 14.9. The van der Waals surface area contributed by atoms with Gasteiger partial charge in [0.2, 0.25) is 0 Å². The number of fused-ring (bicyclic) bond motifs is 1. The smallest absolute Gasteiger partial charge is 0.375 e. The second-order valence-electron chi connectivity index (χ2n) is 5.15. The molecule has 0 aliphatic heterocycles. The maximum atomic E-state index is 12.4. The molecule has 0 aromatic heterocycles. The summed E-state index contributed by atoms with van der Waals surface area (Å²) in [4.78, 5) is 35.9. The predicted molar refractivity (Wildman–Crippen MR) is 73.7 cm³/mol. The number of rotatable bonds is 3. The van der Waals surface area contributed by atoms with Gasteiger partial charge in [0.05, 0.1) is 12.5 Å². The summed E-state index contributed by atoms with van der Waals surface area (Å²) in [6.45, 7) is 5.65. The van der Waals surface area contributed by atoms with E-state index in [1.165, 1.54) is 0 Å². The molecule has 1 aliphatic rings. The first-order valence-corrected chi connectivity index (χ1v) is 6.81. The molecule has 4 nitrogen and oxygen atoms in total. The lowest BCUT2D eigenvalue weighted by molar-refractivity contribution is -0.154. The molecular weight excluding hydrogens is 256 g/mol. The largest absolute Gasteiger partial charge is 0.460 e. The number of hydrogen-bond donors (Lipinski definition) is 0. The summed E-state index contributed by atoms with van der Waals surface area (Å²) in [6.07, 6.45) is 1.02. The minimum absolute atomic E-state index is 0.139. The SMILES string of the molecule is CCOC(=O)C(=O)C1CCc2c(C)cc(C)cc2C1=O. The van der Waals surface area contributed by atoms with E-state index < -0.39 is 17.7 Å². The lowest BCUT2D eigenvalue weighted by Crippen LogP contribution is -2.35. The summed E-state index contributed by atoms with van der Waals surface area (Å²) < 4.78 is 4.70. The number of Topliss-reactive ketones (excluding diaryl/α,β-unsaturated/α-hetero) is 2. The Bertz CT molecular complexity index is 586. The summed E-state index contributed by atoms with van der Waals surface area (Å²) in [7, 11) is 0. The highest BCUT2D eigenvalue weighted by atomic mass is 16.5. The van der Waals surface area contributed by atoms with E-state index in [-0.39, 0.29) is 12.4 Å². The lowest BCUT2D eigenvalue weighted by atomic mass is 9.78. The van der Waals surface area contributed by atoms with Crippen molar-refractivity contribution in [2.24, 2.45) is 5.92 Å². The van der Waals surface area contributed by atoms with Crippen LogP contribution in [-0.4, -0.2) is 24.1 Å². The van der Waals surface area contributed by atoms with Crippen molar-refractivity contribution in [2.75, 3.05) is 6.61 Å². The van der Waals surface area contributed by atoms with Gasteiger partial charge in [0.25, 0.3) is 5.78 Å². The van der Waals surface area contributed by atoms with Crippen LogP contribution in [0.5, 0.6) is 0 Å². The molecular formula is C16H18O4. The molecule has 0 bridgehead atoms. The van der Waals surface area contributed by atoms with E-state index >= 15 is 0 Å². The van der Waals surface area contributed by atoms with Crippen LogP contribution in [0.25, 0.3) is 0 Å². The van der Waals surface area contributed by atoms with Gasteiger partial charge in [-0.05, 0) is 50.8 Å². The molecule has 20 heavy (non-hydrogen) atoms. The van der Waals surface area contributed by atoms with Gasteiger partial charge >= 0.3 is 5.97 Å². The summed E-state index contributed by atoms with van der Waals surface area (Å²) in [5.74, 6) is -2.76. The van der Waals surface area contributed by atoms with Crippen molar-refractivity contribution in [1.82, 2.24) is 0 Å². The van der Waals surface area contributed by atoms with Crippen LogP contribution in [0.4, 0.5) is 0 Å². The van der Waals surface area contributed by atoms with Gasteiger partial charge in [-0.3, -0.25) is 9.59 Å². The molecule has 0 spiro atoms. The quantitative estimate of drug-likeness (QED) is 0.481. The Labute approximate surface area is 118 Å². The van der Waals surface area contributed by atoms with E-state index in [0.29, 0.717) is 18.4 Å². The van der Waals surface area contributed by atoms with Gasteiger partial charge in [0, 0.05) is 5.56 Å². The molecule has 0 saturated heterocycles. The second-order valence-corrected chi connectivity index (χ2v) is 5.15. The maximum absolute atomic E-state index is 12.4. The fourth-order valence-corrected chi connectivity index (χ4v) is 2.75. The molecule has 0 N–H and O–H groups in total. The summed E-state index contributed by atoms with van der Waals surface area (Å²) in [5, 5.41) is 0. The summed E-state index contributed by atoms with van der Waals surface area (Å²) in [6, 6.07) is 3.83. The predicted octanol–water partition coefficient (Wildman–Crippen LogP) is 2.18. The zero-order valence-corrected chi connectivity index (χ0v) is 12.0. The Kier molecular flexibility index (Phi) is 4.02. The van der Waals surface area contributed by atoms with Gasteiger partial charge < -0.3 is 4.74 Å². The van der Waals surface area contributed by atoms with Gasteiger partial charge in [-0.15, -0.1) is 0 Å². The van der Waals surface area contributed by atoms with E-state index in [0.717, 1.165) is 16.7 Å². The Hall–Kier alpha value is -1.97. The van der Waals surface area contributed by atoms with Gasteiger partial charge in [0.15, 0.2) is 5.78 Å². The molecule has 1 aliphatic carbocycles. The molecule has 0 saturated carbocycles. The molecule has 2 rings (SSSR count). The van der Waals surface area contributed by atoms with Crippen molar-refractivity contribution >= 4 is 17.5 Å². The topological polar surface area (TPSA) is 60.4 Å². The van der Waals surface area contributed by atoms with Crippen molar-refractivity contribution in [3.63, 3.8) is 0 Å². The number of benzene rings is 1. The molecule has 0 heterocycles. The number of carbonyl (C=O) groups is 3. The summed E-state index contributed by atoms with van der Waals surface area (Å²) >= 11 is 0. The number of ketones is 2. The standard InChI is InChI=1S/C16H18O4/c1-4-20-16(19)15(18)12-6-5-11-10(3)7-9(2)8-13(11)14(12)17/h7-8,12H,4-6H2,1-3H3. The fraction of sp³-hybridized carbons (Fsp3) is 0.438. The Morgan fingerprint density at radius 1 is 1.30 bits per heavy atom. The first kappa shape index (κ1) is 14.4. The molecule has 1 unspecified atom stereocenters. The fourth-order valence-electron chi connectivity index (χ4n) is 2.75. The van der Waals surface area contributed by atoms with Crippen molar-refractivity contribution in [3.8, 4) is 0 Å². The molecule has 106 valence electrons. The van der Waals surface area contributed by atoms with Crippen molar-refractivity contribution in [2.45, 2.75) is 33.6 Å². The van der Waals surface area contributed by atoms with Crippen LogP contribution in [0.15, 0.2) is 12.1 Å². The maximum Gasteiger partial charge on any atom is 0.375 e. The van der Waals surface area contributed by atoms with Crippen LogP contribution in [0, 0.1) is 19.8 Å². The third-order valence-corrected chi connectivity index (χ3v) is 3.68. The molecule has 0 radical (unpaired) electrons. The molecule has 0 amide bonds. The van der Waals surface area contributed by atoms with Crippen molar-refractivity contribution < 1.29 is 19.1 Å². The van der Waals surface area contributed by atoms with Crippen LogP contribution in [-0.2, 0) is 20.7 Å². The highest BCUT2D eigenvalue weighted by Gasteiger charge is 2.37. The number of ether oxygens (including phenoxy) is 1. The highest BCUT2D eigenvalue weighted by molar-refractivity contribution is 6.39. The normalized spacial score (nSPS) is 17.6. The third kappa shape index (κ3) is 2.50. The monoisotopic (exact) mass is 274 g/mol. The number of carbonyl (C=O) groups excluding carboxylic acids is 3. The third-order valence-electron chi connectivity index (χ3n) is 3.68. The van der Waals surface area contributed by atoms with Crippen molar-refractivity contribution in [3.05, 3.63) is 34.4 Å². The van der Waals surface area contributed by atoms with Gasteiger partial charge in [-0.2, -0.15) is 0 Å². The van der Waals surface area contributed by atoms with Crippen molar-refractivity contribution in [1.29, 1.82) is 0 Å². The van der Waals surface area contributed by atoms with Gasteiger partial charge in [0.1, 0.15) is 0 Å². The van der Waals surface area contributed by atoms with E-state index in [1.54, 1.807) is 13.0 Å². The van der Waals surface area contributed by atoms with Crippen LogP contribution >= 0.6 is 0 Å². The van der Waals surface area contributed by atoms with Gasteiger partial charge in [-0.25, -0.2) is 4.79 Å². The molecule has 1 atom stereocenters. The zero-order valence-electron chi connectivity index (χ0n) is 12.0. The van der Waals surface area contributed by atoms with E-state index in [4.69, 9.17) is 4.74 Å². The number of esters is 1. The average Bonchev–Trinajstić information content (AvgIpc) is 2.39. The Balaban J connectivity index is 2.32. The van der Waals surface area contributed by atoms with Crippen LogP contribution in [0.3, 0.4) is 0 Å². The van der Waals surface area contributed by atoms with Crippen LogP contribution in [0.1, 0.15) is 40.4 Å². The summed E-state index contributed by atoms with van der Waals surface area (Å²) in [5.41, 5.74) is 3.62.